The van der Waals surface area contributed by atoms with Crippen molar-refractivity contribution in [1.29, 1.82) is 0 Å². The first-order chi connectivity index (χ1) is 15.6. The van der Waals surface area contributed by atoms with Crippen molar-refractivity contribution >= 4 is 21.8 Å². The second kappa shape index (κ2) is 10.1. The van der Waals surface area contributed by atoms with Gasteiger partial charge in [0.05, 0.1) is 4.90 Å². The lowest BCUT2D eigenvalue weighted by atomic mass is 10.1. The van der Waals surface area contributed by atoms with Gasteiger partial charge in [-0.15, -0.1) is 0 Å². The maximum atomic E-state index is 13.1. The van der Waals surface area contributed by atoms with Crippen LogP contribution in [0.25, 0.3) is 0 Å². The summed E-state index contributed by atoms with van der Waals surface area (Å²) in [5, 5.41) is 0. The zero-order chi connectivity index (χ0) is 24.2. The summed E-state index contributed by atoms with van der Waals surface area (Å²) in [6.45, 7) is 4.92. The largest absolute Gasteiger partial charge is 0.456 e. The summed E-state index contributed by atoms with van der Waals surface area (Å²) in [6, 6.07) is 14.3. The van der Waals surface area contributed by atoms with Crippen molar-refractivity contribution in [2.45, 2.75) is 38.3 Å². The van der Waals surface area contributed by atoms with Gasteiger partial charge >= 0.3 is 5.97 Å². The number of carbonyl (C=O) groups is 2. The fraction of sp³-hybridized carbons (Fsp3) is 0.250. The highest BCUT2D eigenvalue weighted by molar-refractivity contribution is 7.89. The Morgan fingerprint density at radius 1 is 1.06 bits per heavy atom. The van der Waals surface area contributed by atoms with E-state index >= 15 is 0 Å². The van der Waals surface area contributed by atoms with E-state index in [1.165, 1.54) is 31.2 Å². The van der Waals surface area contributed by atoms with Gasteiger partial charge in [-0.25, -0.2) is 12.8 Å². The quantitative estimate of drug-likeness (QED) is 0.381. The Bertz CT molecular complexity index is 1250. The van der Waals surface area contributed by atoms with Crippen molar-refractivity contribution in [2.75, 3.05) is 6.61 Å². The topological polar surface area (TPSA) is 94.5 Å². The number of benzene rings is 2. The molecule has 0 saturated heterocycles. The highest BCUT2D eigenvalue weighted by atomic mass is 32.2. The Labute approximate surface area is 192 Å². The molecule has 3 rings (SSSR count). The van der Waals surface area contributed by atoms with E-state index in [4.69, 9.17) is 4.74 Å². The van der Waals surface area contributed by atoms with E-state index < -0.39 is 34.4 Å². The molecule has 1 N–H and O–H groups in total. The predicted octanol–water partition coefficient (Wildman–Crippen LogP) is 3.39. The molecule has 0 saturated carbocycles. The maximum Gasteiger partial charge on any atom is 0.324 e. The van der Waals surface area contributed by atoms with Crippen molar-refractivity contribution in [3.05, 3.63) is 89.0 Å². The molecule has 1 atom stereocenters. The molecule has 0 aliphatic heterocycles. The molecule has 1 heterocycles. The summed E-state index contributed by atoms with van der Waals surface area (Å²) in [7, 11) is -3.90. The van der Waals surface area contributed by atoms with Gasteiger partial charge in [0.1, 0.15) is 11.9 Å². The molecule has 0 amide bonds. The van der Waals surface area contributed by atoms with Gasteiger partial charge in [0.2, 0.25) is 15.8 Å². The van der Waals surface area contributed by atoms with E-state index in [2.05, 4.69) is 4.72 Å². The summed E-state index contributed by atoms with van der Waals surface area (Å²) >= 11 is 0. The molecule has 33 heavy (non-hydrogen) atoms. The molecule has 2 aromatic carbocycles. The van der Waals surface area contributed by atoms with Crippen LogP contribution in [0.4, 0.5) is 4.39 Å². The standard InChI is InChI=1S/C24H25FN2O5S/c1-16-13-22(18(3)27(16)14-19-9-11-20(25)12-10-19)23(28)15-32-24(29)17(2)26-33(30,31)21-7-5-4-6-8-21/h4-13,17,26H,14-15H2,1-3H3. The first kappa shape index (κ1) is 24.3. The van der Waals surface area contributed by atoms with E-state index in [9.17, 15) is 22.4 Å². The van der Waals surface area contributed by atoms with E-state index in [-0.39, 0.29) is 10.7 Å². The Kier molecular flexibility index (Phi) is 7.45. The van der Waals surface area contributed by atoms with Crippen molar-refractivity contribution in [3.8, 4) is 0 Å². The fourth-order valence-corrected chi connectivity index (χ4v) is 4.60. The Morgan fingerprint density at radius 3 is 2.33 bits per heavy atom. The van der Waals surface area contributed by atoms with E-state index in [0.29, 0.717) is 17.8 Å². The van der Waals surface area contributed by atoms with Crippen LogP contribution in [0.2, 0.25) is 0 Å². The van der Waals surface area contributed by atoms with Crippen LogP contribution in [-0.4, -0.2) is 37.4 Å². The van der Waals surface area contributed by atoms with Gasteiger partial charge in [-0.1, -0.05) is 30.3 Å². The van der Waals surface area contributed by atoms with E-state index in [1.54, 1.807) is 43.3 Å². The molecule has 0 spiro atoms. The summed E-state index contributed by atoms with van der Waals surface area (Å²) in [5.41, 5.74) is 2.80. The number of hydrogen-bond acceptors (Lipinski definition) is 5. The zero-order valence-corrected chi connectivity index (χ0v) is 19.4. The van der Waals surface area contributed by atoms with Crippen molar-refractivity contribution in [2.24, 2.45) is 0 Å². The number of Topliss-reactive ketones (excluding diaryl/α,β-unsaturated/α-hetero) is 1. The molecule has 0 aliphatic carbocycles. The lowest BCUT2D eigenvalue weighted by Gasteiger charge is -2.13. The maximum absolute atomic E-state index is 13.1. The summed E-state index contributed by atoms with van der Waals surface area (Å²) in [5.74, 6) is -1.58. The van der Waals surface area contributed by atoms with Crippen LogP contribution in [0, 0.1) is 19.7 Å². The number of hydrogen-bond donors (Lipinski definition) is 1. The van der Waals surface area contributed by atoms with Gasteiger partial charge in [-0.2, -0.15) is 4.72 Å². The second-order valence-electron chi connectivity index (χ2n) is 7.68. The third-order valence-electron chi connectivity index (χ3n) is 5.21. The minimum absolute atomic E-state index is 0.0225. The van der Waals surface area contributed by atoms with Gasteiger partial charge in [0, 0.05) is 23.5 Å². The molecule has 0 bridgehead atoms. The van der Waals surface area contributed by atoms with Gasteiger partial charge < -0.3 is 9.30 Å². The number of rotatable bonds is 9. The minimum atomic E-state index is -3.90. The molecule has 1 unspecified atom stereocenters. The van der Waals surface area contributed by atoms with E-state index in [0.717, 1.165) is 11.3 Å². The average Bonchev–Trinajstić information content (AvgIpc) is 3.07. The van der Waals surface area contributed by atoms with Crippen molar-refractivity contribution in [3.63, 3.8) is 0 Å². The monoisotopic (exact) mass is 472 g/mol. The van der Waals surface area contributed by atoms with Crippen LogP contribution in [0.5, 0.6) is 0 Å². The van der Waals surface area contributed by atoms with Crippen molar-refractivity contribution in [1.82, 2.24) is 9.29 Å². The van der Waals surface area contributed by atoms with Gasteiger partial charge in [-0.3, -0.25) is 9.59 Å². The number of sulfonamides is 1. The normalized spacial score (nSPS) is 12.4. The minimum Gasteiger partial charge on any atom is -0.456 e. The van der Waals surface area contributed by atoms with Crippen molar-refractivity contribution < 1.29 is 27.1 Å². The van der Waals surface area contributed by atoms with Gasteiger partial charge in [0.25, 0.3) is 0 Å². The third-order valence-corrected chi connectivity index (χ3v) is 6.77. The molecular formula is C24H25FN2O5S. The number of halogens is 1. The van der Waals surface area contributed by atoms with Crippen LogP contribution in [0.1, 0.15) is 34.2 Å². The number of aromatic nitrogens is 1. The molecule has 0 fully saturated rings. The SMILES string of the molecule is Cc1cc(C(=O)COC(=O)C(C)NS(=O)(=O)c2ccccc2)c(C)n1Cc1ccc(F)cc1. The van der Waals surface area contributed by atoms with Crippen LogP contribution in [-0.2, 0) is 26.1 Å². The molecule has 9 heteroatoms. The fourth-order valence-electron chi connectivity index (χ4n) is 3.39. The molecular weight excluding hydrogens is 447 g/mol. The van der Waals surface area contributed by atoms with Crippen LogP contribution in [0.3, 0.4) is 0 Å². The second-order valence-corrected chi connectivity index (χ2v) is 9.40. The summed E-state index contributed by atoms with van der Waals surface area (Å²) in [6.07, 6.45) is 0. The first-order valence-electron chi connectivity index (χ1n) is 10.3. The molecule has 7 nitrogen and oxygen atoms in total. The van der Waals surface area contributed by atoms with Gasteiger partial charge in [0.15, 0.2) is 6.61 Å². The number of ether oxygens (including phenoxy) is 1. The van der Waals surface area contributed by atoms with E-state index in [1.807, 2.05) is 11.5 Å². The highest BCUT2D eigenvalue weighted by Crippen LogP contribution is 2.18. The Hall–Kier alpha value is -3.30. The zero-order valence-electron chi connectivity index (χ0n) is 18.5. The number of nitrogens with one attached hydrogen (secondary N) is 1. The number of carbonyl (C=O) groups excluding carboxylic acids is 2. The van der Waals surface area contributed by atoms with Crippen LogP contribution >= 0.6 is 0 Å². The molecule has 3 aromatic rings. The van der Waals surface area contributed by atoms with Crippen LogP contribution in [0.15, 0.2) is 65.6 Å². The number of aryl methyl sites for hydroxylation is 1. The molecule has 0 radical (unpaired) electrons. The summed E-state index contributed by atoms with van der Waals surface area (Å²) in [4.78, 5) is 25.0. The lowest BCUT2D eigenvalue weighted by molar-refractivity contribution is -0.144. The smallest absolute Gasteiger partial charge is 0.324 e. The van der Waals surface area contributed by atoms with Crippen LogP contribution < -0.4 is 4.72 Å². The third kappa shape index (κ3) is 5.94. The summed E-state index contributed by atoms with van der Waals surface area (Å²) < 4.78 is 47.1. The number of nitrogens with zero attached hydrogens (tertiary/aromatic N) is 1. The van der Waals surface area contributed by atoms with Gasteiger partial charge in [-0.05, 0) is 56.7 Å². The predicted molar refractivity (Wildman–Crippen MR) is 121 cm³/mol. The molecule has 174 valence electrons. The number of esters is 1. The number of ketones is 1. The Balaban J connectivity index is 1.62. The highest BCUT2D eigenvalue weighted by Gasteiger charge is 2.24. The molecule has 1 aromatic heterocycles. The molecule has 0 aliphatic rings. The lowest BCUT2D eigenvalue weighted by Crippen LogP contribution is -2.40. The Morgan fingerprint density at radius 2 is 1.70 bits per heavy atom. The first-order valence-corrected chi connectivity index (χ1v) is 11.7. The average molecular weight is 473 g/mol.